The Bertz CT molecular complexity index is 940. The van der Waals surface area contributed by atoms with Gasteiger partial charge in [-0.1, -0.05) is 101 Å². The molecule has 0 unspecified atom stereocenters. The van der Waals surface area contributed by atoms with Crippen LogP contribution in [0.5, 0.6) is 0 Å². The van der Waals surface area contributed by atoms with Crippen molar-refractivity contribution < 1.29 is 22.2 Å². The third kappa shape index (κ3) is 10.9. The van der Waals surface area contributed by atoms with Crippen LogP contribution in [0.1, 0.15) is 84.6 Å². The molecule has 2 atom stereocenters. The quantitative estimate of drug-likeness (QED) is 0.0637. The van der Waals surface area contributed by atoms with E-state index in [0.717, 1.165) is 5.56 Å². The third-order valence-electron chi connectivity index (χ3n) is 6.71. The normalized spacial score (nSPS) is 17.6. The number of quaternary nitrogens is 1. The summed E-state index contributed by atoms with van der Waals surface area (Å²) in [7, 11) is -4.92. The molecule has 1 aromatic carbocycles. The van der Waals surface area contributed by atoms with E-state index in [-0.39, 0.29) is 4.31 Å². The van der Waals surface area contributed by atoms with Crippen molar-refractivity contribution in [2.45, 2.75) is 91.1 Å². The van der Waals surface area contributed by atoms with Gasteiger partial charge in [0.2, 0.25) is 5.91 Å². The highest BCUT2D eigenvalue weighted by Crippen LogP contribution is 2.28. The maximum absolute atomic E-state index is 11.5. The van der Waals surface area contributed by atoms with Gasteiger partial charge in [-0.3, -0.25) is 4.79 Å². The van der Waals surface area contributed by atoms with E-state index in [0.29, 0.717) is 0 Å². The molecule has 0 N–H and O–H groups in total. The van der Waals surface area contributed by atoms with Gasteiger partial charge < -0.3 is 9.04 Å². The second kappa shape index (κ2) is 17.2. The molecule has 1 fully saturated rings. The molecule has 2 rings (SSSR count). The molecule has 37 heavy (non-hydrogen) atoms. The van der Waals surface area contributed by atoms with E-state index in [4.69, 9.17) is 5.53 Å². The number of carbonyl (C=O) groups is 1. The van der Waals surface area contributed by atoms with Crippen LogP contribution in [0.15, 0.2) is 41.5 Å². The first kappa shape index (κ1) is 32.6. The fraction of sp³-hybridized carbons (Fsp3) is 0.667. The zero-order valence-electron chi connectivity index (χ0n) is 23.0. The van der Waals surface area contributed by atoms with Gasteiger partial charge in [0.1, 0.15) is 6.04 Å². The number of hydrogen-bond acceptors (Lipinski definition) is 5. The summed E-state index contributed by atoms with van der Waals surface area (Å²) >= 11 is 0. The van der Waals surface area contributed by atoms with E-state index in [1.54, 1.807) is 36.4 Å². The number of nitrogens with zero attached hydrogens (tertiary/aromatic N) is 5. The minimum atomic E-state index is -4.92. The zero-order chi connectivity index (χ0) is 27.7. The lowest BCUT2D eigenvalue weighted by Gasteiger charge is -2.43. The van der Waals surface area contributed by atoms with Gasteiger partial charge in [-0.2, -0.15) is 0 Å². The standard InChI is InChI=1S/C16H36N.C11H10N4O4S/c1-5-9-13-17(14-10-6-2,15-11-7-3)16-12-8-4;12-14-13-10-9(15(11(10)16)20(17,18)19)7-6-8-4-2-1-3-5-8/h5-16H2,1-4H3;1-7,9-10H,(H,17,18,19)/q+1;/p-1/t;9-,10+/m.1/s1. The number of rotatable bonds is 16. The van der Waals surface area contributed by atoms with Crippen molar-refractivity contribution in [1.82, 2.24) is 4.31 Å². The number of benzene rings is 1. The molecule has 0 radical (unpaired) electrons. The highest BCUT2D eigenvalue weighted by atomic mass is 32.2. The summed E-state index contributed by atoms with van der Waals surface area (Å²) in [4.78, 5) is 13.9. The van der Waals surface area contributed by atoms with E-state index in [9.17, 15) is 17.8 Å². The molecule has 208 valence electrons. The van der Waals surface area contributed by atoms with Crippen LogP contribution in [0.2, 0.25) is 0 Å². The highest BCUT2D eigenvalue weighted by Gasteiger charge is 2.48. The molecule has 0 spiro atoms. The molecule has 0 bridgehead atoms. The first-order valence-electron chi connectivity index (χ1n) is 13.6. The summed E-state index contributed by atoms with van der Waals surface area (Å²) in [6.07, 6.45) is 14.0. The van der Waals surface area contributed by atoms with E-state index >= 15 is 0 Å². The first-order chi connectivity index (χ1) is 17.7. The Morgan fingerprint density at radius 2 is 1.41 bits per heavy atom. The number of amides is 1. The predicted molar refractivity (Wildman–Crippen MR) is 148 cm³/mol. The van der Waals surface area contributed by atoms with Crippen LogP contribution in [0.4, 0.5) is 0 Å². The van der Waals surface area contributed by atoms with Crippen molar-refractivity contribution in [1.29, 1.82) is 0 Å². The Kier molecular flexibility index (Phi) is 15.2. The van der Waals surface area contributed by atoms with Crippen LogP contribution in [0.3, 0.4) is 0 Å². The van der Waals surface area contributed by atoms with Crippen molar-refractivity contribution in [3.05, 3.63) is 52.4 Å². The molecule has 1 saturated heterocycles. The molecular formula is C27H45N5O4S. The molecule has 1 aliphatic rings. The van der Waals surface area contributed by atoms with Crippen LogP contribution >= 0.6 is 0 Å². The molecule has 9 nitrogen and oxygen atoms in total. The Hall–Kier alpha value is -2.39. The Labute approximate surface area is 223 Å². The van der Waals surface area contributed by atoms with Crippen LogP contribution < -0.4 is 0 Å². The molecule has 1 amide bonds. The van der Waals surface area contributed by atoms with E-state index < -0.39 is 28.3 Å². The summed E-state index contributed by atoms with van der Waals surface area (Å²) < 4.78 is 34.5. The van der Waals surface area contributed by atoms with Crippen LogP contribution in [-0.2, 0) is 15.1 Å². The maximum atomic E-state index is 11.5. The van der Waals surface area contributed by atoms with Gasteiger partial charge in [-0.15, -0.1) is 0 Å². The third-order valence-corrected chi connectivity index (χ3v) is 7.62. The largest absolute Gasteiger partial charge is 0.731 e. The van der Waals surface area contributed by atoms with Gasteiger partial charge in [-0.05, 0) is 36.8 Å². The van der Waals surface area contributed by atoms with Crippen molar-refractivity contribution in [2.24, 2.45) is 5.11 Å². The van der Waals surface area contributed by atoms with Crippen molar-refractivity contribution in [2.75, 3.05) is 26.2 Å². The van der Waals surface area contributed by atoms with Crippen LogP contribution in [0, 0.1) is 0 Å². The van der Waals surface area contributed by atoms with Crippen molar-refractivity contribution in [3.63, 3.8) is 0 Å². The predicted octanol–water partition coefficient (Wildman–Crippen LogP) is 6.05. The van der Waals surface area contributed by atoms with Gasteiger partial charge in [0, 0.05) is 4.91 Å². The topological polar surface area (TPSA) is 126 Å². The number of carbonyl (C=O) groups excluding carboxylic acids is 1. The average molecular weight is 536 g/mol. The molecule has 0 aliphatic carbocycles. The lowest BCUT2D eigenvalue weighted by atomic mass is 9.98. The molecule has 10 heteroatoms. The summed E-state index contributed by atoms with van der Waals surface area (Å²) in [6, 6.07) is 6.59. The lowest BCUT2D eigenvalue weighted by molar-refractivity contribution is -0.929. The first-order valence-corrected chi connectivity index (χ1v) is 15.0. The minimum absolute atomic E-state index is 0.172. The lowest BCUT2D eigenvalue weighted by Crippen LogP contribution is -2.64. The summed E-state index contributed by atoms with van der Waals surface area (Å²) in [6.45, 7) is 15.0. The SMILES string of the molecule is CCCC[N+](CCCC)(CCCC)CCCC.[N-]=[N+]=N[C@@H]1C(=O)N(S(=O)(=O)[O-])[C@@H]1C=Cc1ccccc1. The van der Waals surface area contributed by atoms with Crippen molar-refractivity contribution >= 4 is 22.3 Å². The monoisotopic (exact) mass is 535 g/mol. The maximum Gasteiger partial charge on any atom is 0.247 e. The van der Waals surface area contributed by atoms with E-state index in [2.05, 4.69) is 37.7 Å². The molecule has 1 aliphatic heterocycles. The number of hydrogen-bond donors (Lipinski definition) is 0. The molecule has 1 aromatic rings. The van der Waals surface area contributed by atoms with Gasteiger partial charge in [0.25, 0.3) is 0 Å². The summed E-state index contributed by atoms with van der Waals surface area (Å²) in [5, 5.41) is 3.20. The number of unbranched alkanes of at least 4 members (excludes halogenated alkanes) is 4. The molecule has 0 saturated carbocycles. The van der Waals surface area contributed by atoms with Gasteiger partial charge in [0.15, 0.2) is 10.3 Å². The molecule has 0 aromatic heterocycles. The zero-order valence-corrected chi connectivity index (χ0v) is 23.8. The number of β-lactam (4-membered cyclic amide) rings is 1. The summed E-state index contributed by atoms with van der Waals surface area (Å²) in [5.41, 5.74) is 9.11. The second-order valence-corrected chi connectivity index (χ2v) is 10.9. The fourth-order valence-corrected chi connectivity index (χ4v) is 5.32. The van der Waals surface area contributed by atoms with Crippen LogP contribution in [-0.4, -0.2) is 65.9 Å². The van der Waals surface area contributed by atoms with Gasteiger partial charge in [-0.25, -0.2) is 12.7 Å². The van der Waals surface area contributed by atoms with Crippen LogP contribution in [0.25, 0.3) is 16.5 Å². The molecular weight excluding hydrogens is 490 g/mol. The smallest absolute Gasteiger partial charge is 0.247 e. The van der Waals surface area contributed by atoms with E-state index in [1.165, 1.54) is 88.1 Å². The Balaban J connectivity index is 0.000000377. The van der Waals surface area contributed by atoms with E-state index in [1.807, 2.05) is 0 Å². The fourth-order valence-electron chi connectivity index (χ4n) is 4.50. The highest BCUT2D eigenvalue weighted by molar-refractivity contribution is 7.84. The average Bonchev–Trinajstić information content (AvgIpc) is 2.88. The van der Waals surface area contributed by atoms with Crippen molar-refractivity contribution in [3.8, 4) is 0 Å². The molecule has 1 heterocycles. The summed E-state index contributed by atoms with van der Waals surface area (Å²) in [5.74, 6) is -1.01. The number of azide groups is 1. The Morgan fingerprint density at radius 1 is 0.946 bits per heavy atom. The minimum Gasteiger partial charge on any atom is -0.731 e. The second-order valence-electron chi connectivity index (χ2n) is 9.65. The van der Waals surface area contributed by atoms with Gasteiger partial charge >= 0.3 is 0 Å². The Morgan fingerprint density at radius 3 is 1.78 bits per heavy atom. The van der Waals surface area contributed by atoms with Gasteiger partial charge in [0.05, 0.1) is 32.2 Å².